The number of thioether (sulfide) groups is 1. The van der Waals surface area contributed by atoms with Crippen molar-refractivity contribution in [2.75, 3.05) is 30.3 Å². The van der Waals surface area contributed by atoms with E-state index in [1.807, 2.05) is 0 Å². The van der Waals surface area contributed by atoms with E-state index in [1.165, 1.54) is 6.42 Å². The van der Waals surface area contributed by atoms with E-state index in [1.54, 1.807) is 17.8 Å². The Morgan fingerprint density at radius 1 is 1.40 bits per heavy atom. The predicted molar refractivity (Wildman–Crippen MR) is 62.6 cm³/mol. The minimum Gasteiger partial charge on any atom is -0.383 e. The van der Waals surface area contributed by atoms with Crippen molar-refractivity contribution < 1.29 is 0 Å². The van der Waals surface area contributed by atoms with Gasteiger partial charge < -0.3 is 16.8 Å². The number of hydrogen-bond acceptors (Lipinski definition) is 6. The number of anilines is 2. The maximum absolute atomic E-state index is 5.59. The van der Waals surface area contributed by atoms with Crippen LogP contribution >= 0.6 is 11.8 Å². The van der Waals surface area contributed by atoms with Crippen LogP contribution in [0.25, 0.3) is 0 Å². The molecule has 0 spiro atoms. The van der Waals surface area contributed by atoms with Crippen molar-refractivity contribution >= 4 is 23.4 Å². The number of rotatable bonds is 3. The van der Waals surface area contributed by atoms with Gasteiger partial charge in [0.2, 0.25) is 0 Å². The second-order valence-corrected chi connectivity index (χ2v) is 4.66. The van der Waals surface area contributed by atoms with Crippen molar-refractivity contribution in [1.29, 1.82) is 0 Å². The molecule has 0 saturated carbocycles. The van der Waals surface area contributed by atoms with Gasteiger partial charge in [0.25, 0.3) is 0 Å². The molecule has 1 aliphatic rings. The van der Waals surface area contributed by atoms with Gasteiger partial charge in [-0.25, -0.2) is 9.97 Å². The first-order valence-corrected chi connectivity index (χ1v) is 5.96. The van der Waals surface area contributed by atoms with Crippen molar-refractivity contribution in [3.63, 3.8) is 0 Å². The number of nitrogens with zero attached hydrogens (tertiary/aromatic N) is 2. The van der Waals surface area contributed by atoms with Crippen LogP contribution in [0.5, 0.6) is 0 Å². The van der Waals surface area contributed by atoms with Crippen LogP contribution in [-0.2, 0) is 0 Å². The minimum absolute atomic E-state index is 0.439. The lowest BCUT2D eigenvalue weighted by molar-refractivity contribution is 0.661. The van der Waals surface area contributed by atoms with Crippen LogP contribution in [0.4, 0.5) is 11.6 Å². The monoisotopic (exact) mass is 225 g/mol. The first kappa shape index (κ1) is 10.5. The third kappa shape index (κ3) is 2.97. The molecular formula is C9H15N5S. The summed E-state index contributed by atoms with van der Waals surface area (Å²) in [4.78, 5) is 8.25. The van der Waals surface area contributed by atoms with Crippen molar-refractivity contribution in [2.24, 2.45) is 5.92 Å². The molecule has 0 bridgehead atoms. The molecule has 1 atom stereocenters. The lowest BCUT2D eigenvalue weighted by Crippen LogP contribution is -2.10. The highest BCUT2D eigenvalue weighted by molar-refractivity contribution is 7.99. The van der Waals surface area contributed by atoms with Crippen molar-refractivity contribution in [1.82, 2.24) is 15.3 Å². The summed E-state index contributed by atoms with van der Waals surface area (Å²) in [5.74, 6) is 2.61. The zero-order valence-corrected chi connectivity index (χ0v) is 9.26. The maximum atomic E-state index is 5.59. The summed E-state index contributed by atoms with van der Waals surface area (Å²) in [5, 5.41) is 4.01. The molecule has 5 N–H and O–H groups in total. The maximum Gasteiger partial charge on any atom is 0.191 e. The molecule has 15 heavy (non-hydrogen) atoms. The predicted octanol–water partition coefficient (Wildman–Crippen LogP) is 0.343. The number of nitrogen functional groups attached to an aromatic ring is 2. The molecule has 5 nitrogen and oxygen atoms in total. The van der Waals surface area contributed by atoms with E-state index in [9.17, 15) is 0 Å². The molecule has 82 valence electrons. The summed E-state index contributed by atoms with van der Waals surface area (Å²) < 4.78 is 0. The Kier molecular flexibility index (Phi) is 3.27. The van der Waals surface area contributed by atoms with Crippen LogP contribution in [0.3, 0.4) is 0 Å². The second-order valence-electron chi connectivity index (χ2n) is 3.67. The average molecular weight is 225 g/mol. The Hall–Kier alpha value is -1.01. The third-order valence-corrected chi connectivity index (χ3v) is 3.43. The third-order valence-electron chi connectivity index (χ3n) is 2.36. The van der Waals surface area contributed by atoms with Gasteiger partial charge in [-0.15, -0.1) is 0 Å². The summed E-state index contributed by atoms with van der Waals surface area (Å²) in [6.45, 7) is 2.20. The highest BCUT2D eigenvalue weighted by Crippen LogP contribution is 2.21. The Bertz CT molecular complexity index is 317. The van der Waals surface area contributed by atoms with Crippen LogP contribution in [0.2, 0.25) is 0 Å². The number of nitrogens with one attached hydrogen (secondary N) is 1. The fourth-order valence-corrected chi connectivity index (χ4v) is 2.58. The molecule has 6 heteroatoms. The molecule has 0 aliphatic carbocycles. The summed E-state index contributed by atoms with van der Waals surface area (Å²) in [5.41, 5.74) is 11.2. The Labute approximate surface area is 93.0 Å². The topological polar surface area (TPSA) is 89.9 Å². The van der Waals surface area contributed by atoms with E-state index >= 15 is 0 Å². The van der Waals surface area contributed by atoms with E-state index < -0.39 is 0 Å². The summed E-state index contributed by atoms with van der Waals surface area (Å²) in [6, 6.07) is 1.57. The fourth-order valence-electron chi connectivity index (χ4n) is 1.58. The molecule has 2 heterocycles. The first-order chi connectivity index (χ1) is 7.24. The zero-order chi connectivity index (χ0) is 10.7. The highest BCUT2D eigenvalue weighted by Gasteiger charge is 2.15. The van der Waals surface area contributed by atoms with Gasteiger partial charge in [0.15, 0.2) is 5.16 Å². The van der Waals surface area contributed by atoms with Crippen LogP contribution in [0.15, 0.2) is 11.2 Å². The lowest BCUT2D eigenvalue weighted by atomic mass is 10.2. The lowest BCUT2D eigenvalue weighted by Gasteiger charge is -2.06. The fraction of sp³-hybridized carbons (Fsp3) is 0.556. The van der Waals surface area contributed by atoms with Gasteiger partial charge >= 0.3 is 0 Å². The molecule has 1 aromatic rings. The Balaban J connectivity index is 1.92. The average Bonchev–Trinajstić information content (AvgIpc) is 2.65. The van der Waals surface area contributed by atoms with Gasteiger partial charge in [-0.2, -0.15) is 0 Å². The van der Waals surface area contributed by atoms with E-state index in [4.69, 9.17) is 11.5 Å². The SMILES string of the molecule is Nc1cc(N)nc(SCC2CCNC2)n1. The molecule has 0 amide bonds. The minimum atomic E-state index is 0.439. The quantitative estimate of drug-likeness (QED) is 0.508. The Morgan fingerprint density at radius 2 is 2.13 bits per heavy atom. The number of hydrogen-bond donors (Lipinski definition) is 3. The smallest absolute Gasteiger partial charge is 0.191 e. The normalized spacial score (nSPS) is 20.7. The van der Waals surface area contributed by atoms with Crippen LogP contribution < -0.4 is 16.8 Å². The largest absolute Gasteiger partial charge is 0.383 e. The summed E-state index contributed by atoms with van der Waals surface area (Å²) in [7, 11) is 0. The zero-order valence-electron chi connectivity index (χ0n) is 8.44. The molecule has 1 aliphatic heterocycles. The first-order valence-electron chi connectivity index (χ1n) is 4.97. The van der Waals surface area contributed by atoms with Gasteiger partial charge in [-0.05, 0) is 25.4 Å². The van der Waals surface area contributed by atoms with Crippen LogP contribution in [0, 0.1) is 5.92 Å². The summed E-state index contributed by atoms with van der Waals surface area (Å²) in [6.07, 6.45) is 1.23. The number of aromatic nitrogens is 2. The molecule has 0 radical (unpaired) electrons. The molecular weight excluding hydrogens is 210 g/mol. The second kappa shape index (κ2) is 4.67. The molecule has 1 saturated heterocycles. The molecule has 0 aromatic carbocycles. The van der Waals surface area contributed by atoms with E-state index in [0.29, 0.717) is 22.7 Å². The highest BCUT2D eigenvalue weighted by atomic mass is 32.2. The van der Waals surface area contributed by atoms with Gasteiger partial charge in [0.05, 0.1) is 0 Å². The molecule has 1 aromatic heterocycles. The molecule has 2 rings (SSSR count). The molecule has 1 unspecified atom stereocenters. The van der Waals surface area contributed by atoms with Gasteiger partial charge in [0.1, 0.15) is 11.6 Å². The van der Waals surface area contributed by atoms with Gasteiger partial charge in [-0.1, -0.05) is 11.8 Å². The number of nitrogens with two attached hydrogens (primary N) is 2. The van der Waals surface area contributed by atoms with E-state index in [2.05, 4.69) is 15.3 Å². The van der Waals surface area contributed by atoms with Crippen molar-refractivity contribution in [2.45, 2.75) is 11.6 Å². The van der Waals surface area contributed by atoms with E-state index in [0.717, 1.165) is 18.8 Å². The van der Waals surface area contributed by atoms with Crippen molar-refractivity contribution in [3.05, 3.63) is 6.07 Å². The van der Waals surface area contributed by atoms with Crippen molar-refractivity contribution in [3.8, 4) is 0 Å². The molecule has 1 fully saturated rings. The van der Waals surface area contributed by atoms with Crippen LogP contribution in [0.1, 0.15) is 6.42 Å². The summed E-state index contributed by atoms with van der Waals surface area (Å²) >= 11 is 1.62. The Morgan fingerprint density at radius 3 is 2.73 bits per heavy atom. The van der Waals surface area contributed by atoms with Crippen LogP contribution in [-0.4, -0.2) is 28.8 Å². The van der Waals surface area contributed by atoms with Gasteiger partial charge in [0, 0.05) is 11.8 Å². The van der Waals surface area contributed by atoms with E-state index in [-0.39, 0.29) is 0 Å². The standard InChI is InChI=1S/C9H15N5S/c10-7-3-8(11)14-9(13-7)15-5-6-1-2-12-4-6/h3,6,12H,1-2,4-5H2,(H4,10,11,13,14). The van der Waals surface area contributed by atoms with Gasteiger partial charge in [-0.3, -0.25) is 0 Å².